The van der Waals surface area contributed by atoms with Crippen LogP contribution in [-0.2, 0) is 16.1 Å². The van der Waals surface area contributed by atoms with Crippen LogP contribution in [0.15, 0.2) is 30.3 Å². The lowest BCUT2D eigenvalue weighted by molar-refractivity contribution is -0.124. The van der Waals surface area contributed by atoms with Crippen molar-refractivity contribution in [1.29, 1.82) is 0 Å². The third-order valence-corrected chi connectivity index (χ3v) is 4.95. The van der Waals surface area contributed by atoms with Crippen LogP contribution in [0, 0.1) is 0 Å². The van der Waals surface area contributed by atoms with Gasteiger partial charge in [0.05, 0.1) is 17.3 Å². The lowest BCUT2D eigenvalue weighted by Gasteiger charge is -2.32. The first-order valence-corrected chi connectivity index (χ1v) is 9.50. The first-order chi connectivity index (χ1) is 13.1. The number of hydrogen-bond acceptors (Lipinski definition) is 5. The van der Waals surface area contributed by atoms with Crippen LogP contribution < -0.4 is 16.0 Å². The third-order valence-electron chi connectivity index (χ3n) is 4.95. The Morgan fingerprint density at radius 2 is 2.11 bits per heavy atom. The summed E-state index contributed by atoms with van der Waals surface area (Å²) in [4.78, 5) is 30.5. The highest BCUT2D eigenvalue weighted by atomic mass is 16.2. The van der Waals surface area contributed by atoms with E-state index in [1.54, 1.807) is 0 Å². The van der Waals surface area contributed by atoms with Crippen LogP contribution in [-0.4, -0.2) is 53.4 Å². The number of carbonyl (C=O) groups is 2. The molecule has 3 N–H and O–H groups in total. The molecule has 0 bridgehead atoms. The van der Waals surface area contributed by atoms with E-state index in [9.17, 15) is 9.59 Å². The fraction of sp³-hybridized carbons (Fsp3) is 0.450. The van der Waals surface area contributed by atoms with E-state index in [2.05, 4.69) is 20.9 Å². The summed E-state index contributed by atoms with van der Waals surface area (Å²) in [6, 6.07) is 10.00. The Morgan fingerprint density at radius 3 is 2.89 bits per heavy atom. The zero-order valence-corrected chi connectivity index (χ0v) is 15.5. The predicted molar refractivity (Wildman–Crippen MR) is 104 cm³/mol. The zero-order valence-electron chi connectivity index (χ0n) is 15.5. The van der Waals surface area contributed by atoms with Crippen LogP contribution in [0.25, 0.3) is 10.9 Å². The summed E-state index contributed by atoms with van der Waals surface area (Å²) < 4.78 is 0. The van der Waals surface area contributed by atoms with Gasteiger partial charge in [-0.25, -0.2) is 0 Å². The standard InChI is InChI=1S/C20H25N5O2/c1-13(26)22-16-6-7-18-14(10-16)2-3-17(23-18)11-25-9-8-21-19(12-25)20(27)24-15-4-5-15/h2-3,6-7,10,15,19,21H,4-5,8-9,11-12H2,1H3,(H,22,26)(H,24,27)/t19-/m0/s1. The summed E-state index contributed by atoms with van der Waals surface area (Å²) in [6.07, 6.45) is 2.21. The normalized spacial score (nSPS) is 20.4. The molecule has 4 rings (SSSR count). The number of amides is 2. The lowest BCUT2D eigenvalue weighted by Crippen LogP contribution is -2.57. The van der Waals surface area contributed by atoms with Crippen molar-refractivity contribution in [2.75, 3.05) is 25.0 Å². The highest BCUT2D eigenvalue weighted by Crippen LogP contribution is 2.20. The number of nitrogens with zero attached hydrogens (tertiary/aromatic N) is 2. The Kier molecular flexibility index (Phi) is 5.05. The van der Waals surface area contributed by atoms with Crippen LogP contribution in [0.3, 0.4) is 0 Å². The molecule has 1 aliphatic heterocycles. The summed E-state index contributed by atoms with van der Waals surface area (Å²) in [7, 11) is 0. The molecular weight excluding hydrogens is 342 g/mol. The van der Waals surface area contributed by atoms with Gasteiger partial charge in [-0.05, 0) is 37.1 Å². The largest absolute Gasteiger partial charge is 0.352 e. The minimum absolute atomic E-state index is 0.0853. The van der Waals surface area contributed by atoms with Gasteiger partial charge in [0.1, 0.15) is 0 Å². The molecule has 1 atom stereocenters. The molecule has 0 spiro atoms. The van der Waals surface area contributed by atoms with E-state index in [0.29, 0.717) is 12.6 Å². The van der Waals surface area contributed by atoms with E-state index in [4.69, 9.17) is 4.98 Å². The summed E-state index contributed by atoms with van der Waals surface area (Å²) in [5.74, 6) is 0.0251. The van der Waals surface area contributed by atoms with E-state index in [1.807, 2.05) is 30.3 Å². The topological polar surface area (TPSA) is 86.4 Å². The quantitative estimate of drug-likeness (QED) is 0.740. The van der Waals surface area contributed by atoms with Crippen LogP contribution in [0.2, 0.25) is 0 Å². The second-order valence-corrected chi connectivity index (χ2v) is 7.42. The van der Waals surface area contributed by atoms with Gasteiger partial charge in [-0.2, -0.15) is 0 Å². The number of benzene rings is 1. The number of rotatable bonds is 5. The van der Waals surface area contributed by atoms with Crippen LogP contribution in [0.5, 0.6) is 0 Å². The summed E-state index contributed by atoms with van der Waals surface area (Å²) in [6.45, 7) is 4.61. The zero-order chi connectivity index (χ0) is 18.8. The van der Waals surface area contributed by atoms with Gasteiger partial charge < -0.3 is 16.0 Å². The van der Waals surface area contributed by atoms with E-state index >= 15 is 0 Å². The van der Waals surface area contributed by atoms with Gasteiger partial charge in [-0.1, -0.05) is 6.07 Å². The lowest BCUT2D eigenvalue weighted by atomic mass is 10.1. The van der Waals surface area contributed by atoms with Crippen molar-refractivity contribution in [2.45, 2.75) is 38.4 Å². The molecule has 142 valence electrons. The predicted octanol–water partition coefficient (Wildman–Crippen LogP) is 1.25. The number of piperazine rings is 1. The second-order valence-electron chi connectivity index (χ2n) is 7.42. The molecule has 0 radical (unpaired) electrons. The van der Waals surface area contributed by atoms with Gasteiger partial charge in [0.2, 0.25) is 11.8 Å². The smallest absolute Gasteiger partial charge is 0.238 e. The molecule has 1 saturated carbocycles. The molecule has 27 heavy (non-hydrogen) atoms. The van der Waals surface area contributed by atoms with Crippen molar-refractivity contribution in [2.24, 2.45) is 0 Å². The number of hydrogen-bond donors (Lipinski definition) is 3. The van der Waals surface area contributed by atoms with Gasteiger partial charge in [-0.15, -0.1) is 0 Å². The maximum Gasteiger partial charge on any atom is 0.238 e. The number of fused-ring (bicyclic) bond motifs is 1. The van der Waals surface area contributed by atoms with Crippen molar-refractivity contribution in [3.8, 4) is 0 Å². The molecule has 2 amide bonds. The Hall–Kier alpha value is -2.51. The monoisotopic (exact) mass is 367 g/mol. The molecule has 1 aromatic heterocycles. The van der Waals surface area contributed by atoms with Gasteiger partial charge in [0, 0.05) is 50.2 Å². The number of aromatic nitrogens is 1. The molecule has 2 fully saturated rings. The van der Waals surface area contributed by atoms with Gasteiger partial charge in [-0.3, -0.25) is 19.5 Å². The number of anilines is 1. The molecule has 1 aromatic carbocycles. The molecule has 1 saturated heterocycles. The molecule has 2 aliphatic rings. The maximum absolute atomic E-state index is 12.3. The van der Waals surface area contributed by atoms with Crippen LogP contribution in [0.1, 0.15) is 25.5 Å². The first-order valence-electron chi connectivity index (χ1n) is 9.50. The highest BCUT2D eigenvalue weighted by molar-refractivity contribution is 5.92. The molecule has 7 nitrogen and oxygen atoms in total. The van der Waals surface area contributed by atoms with Gasteiger partial charge in [0.15, 0.2) is 0 Å². The fourth-order valence-corrected chi connectivity index (χ4v) is 3.43. The SMILES string of the molecule is CC(=O)Nc1ccc2nc(CN3CCN[C@H](C(=O)NC4CC4)C3)ccc2c1. The molecular formula is C20H25N5O2. The Labute approximate surface area is 158 Å². The molecule has 2 heterocycles. The minimum atomic E-state index is -0.153. The Balaban J connectivity index is 1.41. The molecule has 2 aromatic rings. The van der Waals surface area contributed by atoms with E-state index in [0.717, 1.165) is 54.8 Å². The van der Waals surface area contributed by atoms with E-state index in [1.165, 1.54) is 6.92 Å². The third kappa shape index (κ3) is 4.61. The van der Waals surface area contributed by atoms with Crippen LogP contribution >= 0.6 is 0 Å². The van der Waals surface area contributed by atoms with E-state index < -0.39 is 0 Å². The highest BCUT2D eigenvalue weighted by Gasteiger charge is 2.30. The first kappa shape index (κ1) is 17.9. The fourth-order valence-electron chi connectivity index (χ4n) is 3.43. The molecule has 1 aliphatic carbocycles. The molecule has 0 unspecified atom stereocenters. The molecule has 7 heteroatoms. The Bertz CT molecular complexity index is 865. The van der Waals surface area contributed by atoms with Crippen LogP contribution in [0.4, 0.5) is 5.69 Å². The minimum Gasteiger partial charge on any atom is -0.352 e. The van der Waals surface area contributed by atoms with Crippen molar-refractivity contribution < 1.29 is 9.59 Å². The average Bonchev–Trinajstić information content (AvgIpc) is 3.45. The number of pyridine rings is 1. The summed E-state index contributed by atoms with van der Waals surface area (Å²) >= 11 is 0. The van der Waals surface area contributed by atoms with Crippen molar-refractivity contribution in [3.63, 3.8) is 0 Å². The van der Waals surface area contributed by atoms with Gasteiger partial charge >= 0.3 is 0 Å². The summed E-state index contributed by atoms with van der Waals surface area (Å²) in [5, 5.41) is 10.2. The van der Waals surface area contributed by atoms with Crippen molar-refractivity contribution in [1.82, 2.24) is 20.5 Å². The average molecular weight is 367 g/mol. The second kappa shape index (κ2) is 7.62. The maximum atomic E-state index is 12.3. The number of carbonyl (C=O) groups excluding carboxylic acids is 2. The van der Waals surface area contributed by atoms with E-state index in [-0.39, 0.29) is 17.9 Å². The summed E-state index contributed by atoms with van der Waals surface area (Å²) in [5.41, 5.74) is 2.66. The van der Waals surface area contributed by atoms with Crippen molar-refractivity contribution in [3.05, 3.63) is 36.0 Å². The van der Waals surface area contributed by atoms with Crippen molar-refractivity contribution >= 4 is 28.4 Å². The Morgan fingerprint density at radius 1 is 1.26 bits per heavy atom. The van der Waals surface area contributed by atoms with Gasteiger partial charge in [0.25, 0.3) is 0 Å². The number of nitrogens with one attached hydrogen (secondary N) is 3.